The highest BCUT2D eigenvalue weighted by Crippen LogP contribution is 2.37. The minimum Gasteiger partial charge on any atom is -0.726 e. The van der Waals surface area contributed by atoms with E-state index in [9.17, 15) is 13.0 Å². The topological polar surface area (TPSA) is 126 Å². The monoisotopic (exact) mass is 430 g/mol. The van der Waals surface area contributed by atoms with E-state index in [1.807, 2.05) is 54.0 Å². The van der Waals surface area contributed by atoms with E-state index in [2.05, 4.69) is 48.8 Å². The van der Waals surface area contributed by atoms with Crippen LogP contribution in [0.1, 0.15) is 0 Å². The molecule has 158 valence electrons. The van der Waals surface area contributed by atoms with E-state index in [1.54, 1.807) is 0 Å². The molecule has 0 saturated carbocycles. The second-order valence-electron chi connectivity index (χ2n) is 6.51. The lowest BCUT2D eigenvalue weighted by atomic mass is 10.1. The molecule has 30 heavy (non-hydrogen) atoms. The van der Waals surface area contributed by atoms with Gasteiger partial charge in [-0.2, -0.15) is 4.90 Å². The van der Waals surface area contributed by atoms with E-state index >= 15 is 0 Å². The first-order chi connectivity index (χ1) is 14.3. The Kier molecular flexibility index (Phi) is 6.67. The highest BCUT2D eigenvalue weighted by atomic mass is 32.3. The van der Waals surface area contributed by atoms with Gasteiger partial charge in [0.25, 0.3) is 0 Å². The molecule has 1 aromatic heterocycles. The quantitative estimate of drug-likeness (QED) is 0.294. The Morgan fingerprint density at radius 1 is 1.20 bits per heavy atom. The number of aromatic nitrogens is 1. The summed E-state index contributed by atoms with van der Waals surface area (Å²) in [5.74, 6) is 0. The van der Waals surface area contributed by atoms with E-state index < -0.39 is 10.4 Å². The van der Waals surface area contributed by atoms with Gasteiger partial charge in [0.05, 0.1) is 12.8 Å². The number of rotatable bonds is 4. The average molecular weight is 430 g/mol. The number of benzene rings is 2. The van der Waals surface area contributed by atoms with Crippen molar-refractivity contribution >= 4 is 27.0 Å². The summed E-state index contributed by atoms with van der Waals surface area (Å²) < 4.78 is 32.9. The molecule has 2 aromatic carbocycles. The van der Waals surface area contributed by atoms with Crippen LogP contribution in [0, 0.1) is 0 Å². The smallest absolute Gasteiger partial charge is 0.350 e. The molecule has 0 fully saturated rings. The minimum absolute atomic E-state index is 0.165. The van der Waals surface area contributed by atoms with Crippen molar-refractivity contribution in [3.05, 3.63) is 54.6 Å². The minimum atomic E-state index is -4.41. The van der Waals surface area contributed by atoms with Gasteiger partial charge in [0.2, 0.25) is 10.4 Å². The van der Waals surface area contributed by atoms with Crippen molar-refractivity contribution < 1.29 is 21.9 Å². The molecule has 0 amide bonds. The lowest BCUT2D eigenvalue weighted by molar-refractivity contribution is -0.601. The summed E-state index contributed by atoms with van der Waals surface area (Å²) in [6, 6.07) is 18.4. The van der Waals surface area contributed by atoms with E-state index in [4.69, 9.17) is 0 Å². The van der Waals surface area contributed by atoms with Gasteiger partial charge in [0, 0.05) is 16.5 Å². The van der Waals surface area contributed by atoms with Crippen molar-refractivity contribution in [2.24, 2.45) is 15.3 Å². The molecule has 1 aliphatic rings. The van der Waals surface area contributed by atoms with Gasteiger partial charge in [0.1, 0.15) is 5.69 Å². The number of azo groups is 3. The maximum atomic E-state index is 9.22. The van der Waals surface area contributed by atoms with Crippen molar-refractivity contribution in [3.8, 4) is 11.3 Å². The number of nitrogens with zero attached hydrogens (tertiary/aromatic N) is 5. The largest absolute Gasteiger partial charge is 0.726 e. The summed E-state index contributed by atoms with van der Waals surface area (Å²) in [4.78, 5) is 5.52. The summed E-state index contributed by atoms with van der Waals surface area (Å²) in [5.41, 5.74) is 4.01. The third-order valence-corrected chi connectivity index (χ3v) is 4.85. The Bertz CT molecular complexity index is 1170. The Morgan fingerprint density at radius 2 is 1.83 bits per heavy atom. The van der Waals surface area contributed by atoms with Gasteiger partial charge in [-0.05, 0) is 18.2 Å². The maximum Gasteiger partial charge on any atom is 0.350 e. The number of hydrogen-bond donors (Lipinski definition) is 1. The first-order valence-corrected chi connectivity index (χ1v) is 10.3. The first-order valence-electron chi connectivity index (χ1n) is 8.99. The van der Waals surface area contributed by atoms with Crippen molar-refractivity contribution in [3.63, 3.8) is 0 Å². The molecule has 3 aromatic rings. The third-order valence-electron chi connectivity index (χ3n) is 4.44. The predicted octanol–water partition coefficient (Wildman–Crippen LogP) is 3.29. The van der Waals surface area contributed by atoms with Crippen LogP contribution in [0.3, 0.4) is 0 Å². The van der Waals surface area contributed by atoms with Crippen LogP contribution in [0.5, 0.6) is 0 Å². The highest BCUT2D eigenvalue weighted by molar-refractivity contribution is 7.80. The van der Waals surface area contributed by atoms with Gasteiger partial charge in [0.15, 0.2) is 13.7 Å². The predicted molar refractivity (Wildman–Crippen MR) is 110 cm³/mol. The zero-order valence-electron chi connectivity index (χ0n) is 16.8. The number of aromatic amines is 1. The second-order valence-corrected chi connectivity index (χ2v) is 7.66. The van der Waals surface area contributed by atoms with Crippen LogP contribution in [0.25, 0.3) is 22.2 Å². The normalized spacial score (nSPS) is 17.2. The molecule has 0 bridgehead atoms. The number of hydrogen-bond acceptors (Lipinski definition) is 8. The zero-order valence-corrected chi connectivity index (χ0v) is 17.6. The van der Waals surface area contributed by atoms with Crippen molar-refractivity contribution in [2.45, 2.75) is 6.29 Å². The van der Waals surface area contributed by atoms with Crippen LogP contribution in [0.2, 0.25) is 0 Å². The Morgan fingerprint density at radius 3 is 2.43 bits per heavy atom. The van der Waals surface area contributed by atoms with Crippen LogP contribution in [-0.2, 0) is 14.6 Å². The van der Waals surface area contributed by atoms with Crippen molar-refractivity contribution in [2.75, 3.05) is 27.9 Å². The van der Waals surface area contributed by atoms with E-state index in [0.29, 0.717) is 6.67 Å². The van der Waals surface area contributed by atoms with Crippen LogP contribution < -0.4 is 0 Å². The Labute approximate surface area is 174 Å². The van der Waals surface area contributed by atoms with Gasteiger partial charge in [-0.3, -0.25) is 4.18 Å². The third kappa shape index (κ3) is 5.13. The van der Waals surface area contributed by atoms with Gasteiger partial charge in [-0.15, -0.1) is 5.11 Å². The molecule has 0 radical (unpaired) electrons. The van der Waals surface area contributed by atoms with E-state index in [0.717, 1.165) is 35.0 Å². The van der Waals surface area contributed by atoms with Crippen LogP contribution in [-0.4, -0.2) is 61.7 Å². The molecular formula is C19H22N6O4S. The molecule has 1 atom stereocenters. The molecule has 10 nitrogen and oxygen atoms in total. The second kappa shape index (κ2) is 9.22. The van der Waals surface area contributed by atoms with Crippen LogP contribution in [0.15, 0.2) is 69.9 Å². The fourth-order valence-corrected chi connectivity index (χ4v) is 2.95. The lowest BCUT2D eigenvalue weighted by Gasteiger charge is -2.06. The molecule has 4 rings (SSSR count). The van der Waals surface area contributed by atoms with Crippen molar-refractivity contribution in [1.82, 2.24) is 9.88 Å². The Balaban J connectivity index is 0.000000377. The zero-order chi connectivity index (χ0) is 21.7. The number of fused-ring (bicyclic) bond motifs is 1. The van der Waals surface area contributed by atoms with E-state index in [-0.39, 0.29) is 6.29 Å². The standard InChI is InChI=1S/C18H19N6.CH4O4S/c1-23-12-19-24(2)18(23)22-21-17-14-10-6-7-11-15(14)20-16(17)13-8-4-3-5-9-13;1-5-6(2,3)4/h3-11,18,20H,12H2,1-2H3;1H3,(H,2,3,4)/q+1;/p-1. The molecule has 0 spiro atoms. The summed E-state index contributed by atoms with van der Waals surface area (Å²) in [5, 5.41) is 14.5. The van der Waals surface area contributed by atoms with Crippen LogP contribution >= 0.6 is 0 Å². The maximum absolute atomic E-state index is 9.22. The average Bonchev–Trinajstić information content (AvgIpc) is 3.27. The molecule has 1 unspecified atom stereocenters. The van der Waals surface area contributed by atoms with Gasteiger partial charge in [-0.25, -0.2) is 8.42 Å². The molecule has 2 heterocycles. The molecule has 0 aliphatic carbocycles. The molecule has 1 N–H and O–H groups in total. The summed E-state index contributed by atoms with van der Waals surface area (Å²) in [7, 11) is 0.303. The van der Waals surface area contributed by atoms with Gasteiger partial charge in [-0.1, -0.05) is 58.3 Å². The SMILES string of the molecule is CN1CN=[N+](C)C1N=Nc1c(-c2ccccc2)[nH]c2ccccc12.COS(=O)(=O)[O-]. The molecule has 1 aliphatic heterocycles. The molecule has 11 heteroatoms. The number of H-pyrrole nitrogens is 1. The fourth-order valence-electron chi connectivity index (χ4n) is 2.95. The first kappa shape index (κ1) is 21.7. The molecular weight excluding hydrogens is 408 g/mol. The van der Waals surface area contributed by atoms with Crippen LogP contribution in [0.4, 0.5) is 5.69 Å². The highest BCUT2D eigenvalue weighted by Gasteiger charge is 2.30. The Hall–Kier alpha value is -2.99. The van der Waals surface area contributed by atoms with Crippen molar-refractivity contribution in [1.29, 1.82) is 0 Å². The summed E-state index contributed by atoms with van der Waals surface area (Å²) in [6.45, 7) is 0.639. The number of nitrogens with one attached hydrogen (secondary N) is 1. The summed E-state index contributed by atoms with van der Waals surface area (Å²) in [6.07, 6.45) is -0.165. The van der Waals surface area contributed by atoms with Gasteiger partial charge < -0.3 is 9.54 Å². The fraction of sp³-hybridized carbons (Fsp3) is 0.263. The van der Waals surface area contributed by atoms with E-state index in [1.165, 1.54) is 0 Å². The van der Waals surface area contributed by atoms with Gasteiger partial charge >= 0.3 is 6.29 Å². The summed E-state index contributed by atoms with van der Waals surface area (Å²) >= 11 is 0. The lowest BCUT2D eigenvalue weighted by Crippen LogP contribution is -2.30. The number of para-hydroxylation sites is 1. The molecule has 0 saturated heterocycles.